The topological polar surface area (TPSA) is 117 Å². The molecule has 2 aromatic carbocycles. The molecule has 10 heteroatoms. The van der Waals surface area contributed by atoms with E-state index in [2.05, 4.69) is 14.9 Å². The molecule has 0 bridgehead atoms. The summed E-state index contributed by atoms with van der Waals surface area (Å²) < 4.78 is 41.2. The monoisotopic (exact) mass is 489 g/mol. The van der Waals surface area contributed by atoms with Crippen molar-refractivity contribution in [3.05, 3.63) is 53.6 Å². The Balaban J connectivity index is 1.52. The molecule has 2 aromatic rings. The number of aromatic carboxylic acids is 1. The smallest absolute Gasteiger partial charge is 0.339 e. The molecule has 0 saturated carbocycles. The van der Waals surface area contributed by atoms with Crippen LogP contribution in [-0.2, 0) is 14.8 Å². The average Bonchev–Trinajstić information content (AvgIpc) is 3.21. The maximum absolute atomic E-state index is 13.4. The second-order valence-electron chi connectivity index (χ2n) is 8.90. The molecule has 0 aromatic heterocycles. The van der Waals surface area contributed by atoms with Crippen LogP contribution < -0.4 is 14.8 Å². The van der Waals surface area contributed by atoms with Gasteiger partial charge in [0.1, 0.15) is 28.9 Å². The van der Waals surface area contributed by atoms with Crippen LogP contribution in [0.25, 0.3) is 0 Å². The summed E-state index contributed by atoms with van der Waals surface area (Å²) in [4.78, 5) is 13.9. The summed E-state index contributed by atoms with van der Waals surface area (Å²) in [5.74, 6) is -1.15. The molecule has 0 spiro atoms. The number of nitrogens with zero attached hydrogens (tertiary/aromatic N) is 1. The van der Waals surface area contributed by atoms with E-state index >= 15 is 0 Å². The Morgan fingerprint density at radius 2 is 1.91 bits per heavy atom. The second kappa shape index (κ2) is 10.3. The Hall–Kier alpha value is -2.66. The van der Waals surface area contributed by atoms with E-state index in [0.29, 0.717) is 17.8 Å². The van der Waals surface area contributed by atoms with Gasteiger partial charge in [0, 0.05) is 18.0 Å². The third kappa shape index (κ3) is 5.20. The number of hydrogen-bond acceptors (Lipinski definition) is 7. The highest BCUT2D eigenvalue weighted by Crippen LogP contribution is 2.43. The summed E-state index contributed by atoms with van der Waals surface area (Å²) in [6.07, 6.45) is 1.58. The van der Waals surface area contributed by atoms with Gasteiger partial charge in [-0.15, -0.1) is 0 Å². The molecule has 2 aliphatic heterocycles. The number of ether oxygens (including phenoxy) is 2. The van der Waals surface area contributed by atoms with Crippen molar-refractivity contribution in [1.29, 1.82) is 0 Å². The number of unbranched alkanes of at least 4 members (excludes halogenated alkanes) is 1. The van der Waals surface area contributed by atoms with E-state index in [1.165, 1.54) is 6.07 Å². The number of fused-ring (bicyclic) bond motifs is 3. The highest BCUT2D eigenvalue weighted by Gasteiger charge is 2.45. The quantitative estimate of drug-likeness (QED) is 0.436. The van der Waals surface area contributed by atoms with E-state index in [1.807, 2.05) is 14.1 Å². The fourth-order valence-corrected chi connectivity index (χ4v) is 6.00. The number of carboxylic acids is 1. The number of benzene rings is 2. The zero-order chi connectivity index (χ0) is 24.3. The molecule has 1 fully saturated rings. The van der Waals surface area contributed by atoms with E-state index in [-0.39, 0.29) is 41.4 Å². The number of anilines is 1. The van der Waals surface area contributed by atoms with Crippen LogP contribution in [0.15, 0.2) is 47.4 Å². The van der Waals surface area contributed by atoms with Crippen molar-refractivity contribution in [2.24, 2.45) is 0 Å². The predicted molar refractivity (Wildman–Crippen MR) is 128 cm³/mol. The molecule has 184 valence electrons. The number of carbonyl (C=O) groups is 1. The Bertz CT molecular complexity index is 1140. The highest BCUT2D eigenvalue weighted by atomic mass is 32.2. The molecule has 3 N–H and O–H groups in total. The number of rotatable bonds is 10. The van der Waals surface area contributed by atoms with Crippen molar-refractivity contribution < 1.29 is 27.8 Å². The summed E-state index contributed by atoms with van der Waals surface area (Å²) in [5, 5.41) is 12.8. The predicted octanol–water partition coefficient (Wildman–Crippen LogP) is 2.36. The molecule has 3 unspecified atom stereocenters. The second-order valence-corrected chi connectivity index (χ2v) is 10.6. The van der Waals surface area contributed by atoms with Crippen molar-refractivity contribution in [2.45, 2.75) is 35.8 Å². The van der Waals surface area contributed by atoms with E-state index in [9.17, 15) is 18.3 Å². The molecule has 2 aliphatic rings. The summed E-state index contributed by atoms with van der Waals surface area (Å²) in [6, 6.07) is 11.2. The van der Waals surface area contributed by atoms with Crippen LogP contribution in [0.3, 0.4) is 0 Å². The maximum atomic E-state index is 13.4. The number of sulfonamides is 1. The average molecular weight is 490 g/mol. The van der Waals surface area contributed by atoms with E-state index in [4.69, 9.17) is 9.47 Å². The van der Waals surface area contributed by atoms with Gasteiger partial charge in [0.2, 0.25) is 10.0 Å². The molecular weight excluding hydrogens is 458 g/mol. The minimum Gasteiger partial charge on any atom is -0.490 e. The summed E-state index contributed by atoms with van der Waals surface area (Å²) in [5.41, 5.74) is 1.26. The zero-order valence-electron chi connectivity index (χ0n) is 19.4. The van der Waals surface area contributed by atoms with Crippen LogP contribution in [0, 0.1) is 0 Å². The summed E-state index contributed by atoms with van der Waals surface area (Å²) >= 11 is 0. The first kappa shape index (κ1) is 24.5. The van der Waals surface area contributed by atoms with Crippen LogP contribution in [0.4, 0.5) is 5.69 Å². The highest BCUT2D eigenvalue weighted by molar-refractivity contribution is 7.89. The van der Waals surface area contributed by atoms with E-state index < -0.39 is 22.0 Å². The van der Waals surface area contributed by atoms with Crippen molar-refractivity contribution in [3.63, 3.8) is 0 Å². The van der Waals surface area contributed by atoms with Crippen LogP contribution in [0.5, 0.6) is 5.75 Å². The number of hydrogen-bond donors (Lipinski definition) is 3. The Morgan fingerprint density at radius 1 is 1.12 bits per heavy atom. The van der Waals surface area contributed by atoms with Gasteiger partial charge in [-0.2, -0.15) is 0 Å². The van der Waals surface area contributed by atoms with Gasteiger partial charge in [0.05, 0.1) is 18.3 Å². The fourth-order valence-electron chi connectivity index (χ4n) is 4.57. The van der Waals surface area contributed by atoms with E-state index in [1.54, 1.807) is 36.4 Å². The third-order valence-corrected chi connectivity index (χ3v) is 7.73. The van der Waals surface area contributed by atoms with Gasteiger partial charge in [-0.3, -0.25) is 0 Å². The molecule has 1 saturated heterocycles. The Kier molecular flexibility index (Phi) is 7.42. The number of carboxylic acid groups (broad SMARTS) is 1. The molecule has 9 nitrogen and oxygen atoms in total. The minimum absolute atomic E-state index is 0.0632. The first-order valence-electron chi connectivity index (χ1n) is 11.4. The summed E-state index contributed by atoms with van der Waals surface area (Å²) in [7, 11) is 0.183. The number of nitrogens with one attached hydrogen (secondary N) is 2. The van der Waals surface area contributed by atoms with Crippen molar-refractivity contribution in [2.75, 3.05) is 45.7 Å². The molecule has 0 radical (unpaired) electrons. The first-order valence-corrected chi connectivity index (χ1v) is 12.9. The molecule has 4 rings (SSSR count). The van der Waals surface area contributed by atoms with Crippen LogP contribution in [0.1, 0.15) is 34.7 Å². The largest absolute Gasteiger partial charge is 0.490 e. The fraction of sp³-hybridized carbons (Fsp3) is 0.458. The zero-order valence-corrected chi connectivity index (χ0v) is 20.2. The van der Waals surface area contributed by atoms with Gasteiger partial charge in [-0.1, -0.05) is 24.3 Å². The molecule has 34 heavy (non-hydrogen) atoms. The van der Waals surface area contributed by atoms with Gasteiger partial charge in [-0.25, -0.2) is 17.9 Å². The van der Waals surface area contributed by atoms with Crippen molar-refractivity contribution in [3.8, 4) is 5.75 Å². The Labute approximate surface area is 200 Å². The number of para-hydroxylation sites is 2. The molecule has 3 atom stereocenters. The lowest BCUT2D eigenvalue weighted by molar-refractivity contribution is 0.0481. The molecule has 0 aliphatic carbocycles. The molecule has 2 heterocycles. The van der Waals surface area contributed by atoms with Crippen molar-refractivity contribution in [1.82, 2.24) is 9.62 Å². The summed E-state index contributed by atoms with van der Waals surface area (Å²) in [6.45, 7) is 1.99. The lowest BCUT2D eigenvalue weighted by Crippen LogP contribution is -2.42. The van der Waals surface area contributed by atoms with Gasteiger partial charge in [0.15, 0.2) is 0 Å². The SMILES string of the molecule is CN(C)CCCCNc1ccccc1S(=O)(=O)NC1COC2COc3c(C(=O)O)cccc3C12. The van der Waals surface area contributed by atoms with E-state index in [0.717, 1.165) is 19.4 Å². The lowest BCUT2D eigenvalue weighted by Gasteiger charge is -2.31. The Morgan fingerprint density at radius 3 is 2.68 bits per heavy atom. The van der Waals surface area contributed by atoms with Gasteiger partial charge in [-0.05, 0) is 51.7 Å². The van der Waals surface area contributed by atoms with Crippen molar-refractivity contribution >= 4 is 21.7 Å². The molecule has 0 amide bonds. The van der Waals surface area contributed by atoms with Crippen LogP contribution >= 0.6 is 0 Å². The normalized spacial score (nSPS) is 21.6. The standard InChI is InChI=1S/C24H31N3O6S/c1-27(2)13-6-5-12-25-18-10-3-4-11-21(18)34(30,31)26-19-14-32-20-15-33-23-16(22(19)20)8-7-9-17(23)24(28)29/h3-4,7-11,19-20,22,25-26H,5-6,12-15H2,1-2H3,(H,28,29). The minimum atomic E-state index is -3.87. The maximum Gasteiger partial charge on any atom is 0.339 e. The lowest BCUT2D eigenvalue weighted by atomic mass is 9.86. The van der Waals surface area contributed by atoms with Gasteiger partial charge < -0.3 is 24.8 Å². The van der Waals surface area contributed by atoms with Crippen LogP contribution in [0.2, 0.25) is 0 Å². The third-order valence-electron chi connectivity index (χ3n) is 6.18. The van der Waals surface area contributed by atoms with Gasteiger partial charge in [0.25, 0.3) is 0 Å². The first-order chi connectivity index (χ1) is 16.3. The van der Waals surface area contributed by atoms with Crippen LogP contribution in [-0.4, -0.2) is 76.9 Å². The molecular formula is C24H31N3O6S. The van der Waals surface area contributed by atoms with Gasteiger partial charge >= 0.3 is 5.97 Å².